The Bertz CT molecular complexity index is 233. The fourth-order valence-corrected chi connectivity index (χ4v) is 1.05. The second-order valence-electron chi connectivity index (χ2n) is 3.72. The van der Waals surface area contributed by atoms with Crippen molar-refractivity contribution in [3.63, 3.8) is 0 Å². The summed E-state index contributed by atoms with van der Waals surface area (Å²) in [6, 6.07) is -0.499. The minimum atomic E-state index is -0.525. The summed E-state index contributed by atoms with van der Waals surface area (Å²) in [5.74, 6) is -0.578. The molecule has 0 rings (SSSR count). The highest BCUT2D eigenvalue weighted by Gasteiger charge is 2.18. The maximum Gasteiger partial charge on any atom is 0.243 e. The van der Waals surface area contributed by atoms with Gasteiger partial charge in [0.2, 0.25) is 11.8 Å². The molecular formula is C10H21N3O3. The van der Waals surface area contributed by atoms with Gasteiger partial charge in [0.1, 0.15) is 6.61 Å². The Balaban J connectivity index is 3.61. The molecule has 5 N–H and O–H groups in total. The smallest absolute Gasteiger partial charge is 0.243 e. The zero-order valence-corrected chi connectivity index (χ0v) is 9.86. The van der Waals surface area contributed by atoms with Crippen molar-refractivity contribution in [2.24, 2.45) is 17.4 Å². The van der Waals surface area contributed by atoms with E-state index in [1.165, 1.54) is 0 Å². The molecule has 0 spiro atoms. The zero-order valence-electron chi connectivity index (χ0n) is 9.86. The molecule has 0 bridgehead atoms. The standard InChI is InChI=1S/C10H21N3O3/c1-3-7(2)9(12)10(15)13-4-5-16-6-8(11)14/h7,9H,3-6,12H2,1-2H3,(H2,11,14)(H,13,15). The largest absolute Gasteiger partial charge is 0.370 e. The summed E-state index contributed by atoms with van der Waals surface area (Å²) in [5, 5.41) is 2.63. The van der Waals surface area contributed by atoms with Crippen LogP contribution in [0.3, 0.4) is 0 Å². The molecule has 0 aliphatic rings. The van der Waals surface area contributed by atoms with Crippen LogP contribution in [0.25, 0.3) is 0 Å². The minimum absolute atomic E-state index is 0.132. The molecule has 0 saturated carbocycles. The van der Waals surface area contributed by atoms with Crippen LogP contribution in [0.15, 0.2) is 0 Å². The van der Waals surface area contributed by atoms with Gasteiger partial charge in [-0.05, 0) is 5.92 Å². The molecular weight excluding hydrogens is 210 g/mol. The van der Waals surface area contributed by atoms with Gasteiger partial charge in [-0.25, -0.2) is 0 Å². The molecule has 0 saturated heterocycles. The highest BCUT2D eigenvalue weighted by molar-refractivity contribution is 5.81. The van der Waals surface area contributed by atoms with E-state index in [-0.39, 0.29) is 25.0 Å². The Labute approximate surface area is 95.7 Å². The van der Waals surface area contributed by atoms with Gasteiger partial charge in [-0.3, -0.25) is 9.59 Å². The lowest BCUT2D eigenvalue weighted by atomic mass is 9.99. The third kappa shape index (κ3) is 6.36. The van der Waals surface area contributed by atoms with Crippen molar-refractivity contribution in [1.29, 1.82) is 0 Å². The Morgan fingerprint density at radius 2 is 2.06 bits per heavy atom. The van der Waals surface area contributed by atoms with Gasteiger partial charge < -0.3 is 21.5 Å². The Morgan fingerprint density at radius 3 is 2.56 bits per heavy atom. The number of amides is 2. The van der Waals surface area contributed by atoms with Crippen molar-refractivity contribution in [2.75, 3.05) is 19.8 Å². The molecule has 6 nitrogen and oxygen atoms in total. The first-order valence-electron chi connectivity index (χ1n) is 5.38. The number of hydrogen-bond acceptors (Lipinski definition) is 4. The Kier molecular flexibility index (Phi) is 7.49. The molecule has 6 heteroatoms. The second kappa shape index (κ2) is 8.06. The number of nitrogens with one attached hydrogen (secondary N) is 1. The first-order valence-corrected chi connectivity index (χ1v) is 5.38. The van der Waals surface area contributed by atoms with E-state index in [0.29, 0.717) is 6.54 Å². The quantitative estimate of drug-likeness (QED) is 0.464. The average Bonchev–Trinajstić information content (AvgIpc) is 2.25. The molecule has 0 aromatic carbocycles. The van der Waals surface area contributed by atoms with Crippen molar-refractivity contribution >= 4 is 11.8 Å². The van der Waals surface area contributed by atoms with Gasteiger partial charge in [0.15, 0.2) is 0 Å². The van der Waals surface area contributed by atoms with E-state index in [0.717, 1.165) is 6.42 Å². The average molecular weight is 231 g/mol. The first kappa shape index (κ1) is 14.9. The normalized spacial score (nSPS) is 14.2. The summed E-state index contributed by atoms with van der Waals surface area (Å²) >= 11 is 0. The van der Waals surface area contributed by atoms with Crippen molar-refractivity contribution < 1.29 is 14.3 Å². The molecule has 0 aromatic rings. The van der Waals surface area contributed by atoms with Crippen LogP contribution in [-0.2, 0) is 14.3 Å². The van der Waals surface area contributed by atoms with Crippen molar-refractivity contribution in [3.8, 4) is 0 Å². The fraction of sp³-hybridized carbons (Fsp3) is 0.800. The maximum absolute atomic E-state index is 11.5. The van der Waals surface area contributed by atoms with Crippen LogP contribution in [0.4, 0.5) is 0 Å². The van der Waals surface area contributed by atoms with Crippen LogP contribution in [0.2, 0.25) is 0 Å². The van der Waals surface area contributed by atoms with Gasteiger partial charge in [-0.1, -0.05) is 20.3 Å². The van der Waals surface area contributed by atoms with E-state index in [1.807, 2.05) is 13.8 Å². The Hall–Kier alpha value is -1.14. The van der Waals surface area contributed by atoms with E-state index in [9.17, 15) is 9.59 Å². The summed E-state index contributed by atoms with van der Waals surface area (Å²) in [6.07, 6.45) is 0.854. The highest BCUT2D eigenvalue weighted by Crippen LogP contribution is 2.04. The minimum Gasteiger partial charge on any atom is -0.370 e. The lowest BCUT2D eigenvalue weighted by Gasteiger charge is -2.17. The summed E-state index contributed by atoms with van der Waals surface area (Å²) < 4.78 is 4.88. The molecule has 2 atom stereocenters. The van der Waals surface area contributed by atoms with Crippen LogP contribution < -0.4 is 16.8 Å². The summed E-state index contributed by atoms with van der Waals surface area (Å²) in [4.78, 5) is 21.8. The van der Waals surface area contributed by atoms with E-state index >= 15 is 0 Å². The number of carbonyl (C=O) groups is 2. The number of primary amides is 1. The molecule has 94 valence electrons. The molecule has 0 heterocycles. The van der Waals surface area contributed by atoms with E-state index in [2.05, 4.69) is 5.32 Å². The van der Waals surface area contributed by atoms with Crippen LogP contribution in [0, 0.1) is 5.92 Å². The molecule has 2 amide bonds. The highest BCUT2D eigenvalue weighted by atomic mass is 16.5. The number of hydrogen-bond donors (Lipinski definition) is 3. The summed E-state index contributed by atoms with van der Waals surface area (Å²) in [5.41, 5.74) is 10.6. The molecule has 0 radical (unpaired) electrons. The fourth-order valence-electron chi connectivity index (χ4n) is 1.05. The van der Waals surface area contributed by atoms with Gasteiger partial charge in [-0.15, -0.1) is 0 Å². The molecule has 0 aliphatic heterocycles. The maximum atomic E-state index is 11.5. The van der Waals surface area contributed by atoms with Gasteiger partial charge in [-0.2, -0.15) is 0 Å². The molecule has 16 heavy (non-hydrogen) atoms. The van der Waals surface area contributed by atoms with Gasteiger partial charge in [0.25, 0.3) is 0 Å². The lowest BCUT2D eigenvalue weighted by molar-refractivity contribution is -0.123. The third-order valence-corrected chi connectivity index (χ3v) is 2.35. The lowest BCUT2D eigenvalue weighted by Crippen LogP contribution is -2.45. The van der Waals surface area contributed by atoms with Gasteiger partial charge in [0.05, 0.1) is 12.6 Å². The number of rotatable bonds is 8. The monoisotopic (exact) mass is 231 g/mol. The summed E-state index contributed by atoms with van der Waals surface area (Å²) in [7, 11) is 0. The molecule has 0 aliphatic carbocycles. The van der Waals surface area contributed by atoms with Crippen molar-refractivity contribution in [2.45, 2.75) is 26.3 Å². The van der Waals surface area contributed by atoms with E-state index < -0.39 is 11.9 Å². The molecule has 0 aromatic heterocycles. The zero-order chi connectivity index (χ0) is 12.6. The SMILES string of the molecule is CCC(C)C(N)C(=O)NCCOCC(N)=O. The molecule has 2 unspecified atom stereocenters. The first-order chi connectivity index (χ1) is 7.49. The summed E-state index contributed by atoms with van der Waals surface area (Å²) in [6.45, 7) is 4.35. The predicted octanol–water partition coefficient (Wildman–Crippen LogP) is -1.02. The van der Waals surface area contributed by atoms with E-state index in [4.69, 9.17) is 16.2 Å². The van der Waals surface area contributed by atoms with Crippen LogP contribution >= 0.6 is 0 Å². The number of carbonyl (C=O) groups excluding carboxylic acids is 2. The third-order valence-electron chi connectivity index (χ3n) is 2.35. The van der Waals surface area contributed by atoms with Crippen LogP contribution in [0.1, 0.15) is 20.3 Å². The van der Waals surface area contributed by atoms with E-state index in [1.54, 1.807) is 0 Å². The topological polar surface area (TPSA) is 107 Å². The van der Waals surface area contributed by atoms with Crippen LogP contribution in [0.5, 0.6) is 0 Å². The number of ether oxygens (including phenoxy) is 1. The van der Waals surface area contributed by atoms with Gasteiger partial charge >= 0.3 is 0 Å². The number of nitrogens with two attached hydrogens (primary N) is 2. The van der Waals surface area contributed by atoms with Gasteiger partial charge in [0, 0.05) is 6.54 Å². The predicted molar refractivity (Wildman–Crippen MR) is 60.5 cm³/mol. The second-order valence-corrected chi connectivity index (χ2v) is 3.72. The molecule has 0 fully saturated rings. The van der Waals surface area contributed by atoms with Crippen molar-refractivity contribution in [1.82, 2.24) is 5.32 Å². The van der Waals surface area contributed by atoms with Crippen molar-refractivity contribution in [3.05, 3.63) is 0 Å². The Morgan fingerprint density at radius 1 is 1.44 bits per heavy atom. The van der Waals surface area contributed by atoms with Crippen LogP contribution in [-0.4, -0.2) is 37.6 Å².